The average Bonchev–Trinajstić information content (AvgIpc) is 2.44. The van der Waals surface area contributed by atoms with Gasteiger partial charge in [-0.05, 0) is 64.7 Å². The maximum absolute atomic E-state index is 9.45. The van der Waals surface area contributed by atoms with Gasteiger partial charge in [0.05, 0.1) is 6.61 Å². The van der Waals surface area contributed by atoms with Crippen molar-refractivity contribution in [2.24, 2.45) is 5.92 Å². The van der Waals surface area contributed by atoms with Gasteiger partial charge in [0, 0.05) is 5.54 Å². The Morgan fingerprint density at radius 1 is 1.21 bits per heavy atom. The first-order valence-electron chi connectivity index (χ1n) is 8.21. The Bertz CT molecular complexity index is 227. The number of hydrogen-bond acceptors (Lipinski definition) is 3. The maximum Gasteiger partial charge on any atom is 0.0610 e. The van der Waals surface area contributed by atoms with E-state index in [9.17, 15) is 5.11 Å². The van der Waals surface area contributed by atoms with Crippen LogP contribution in [0.4, 0.5) is 0 Å². The lowest BCUT2D eigenvalue weighted by atomic mass is 9.93. The SMILES string of the molecule is CCNC(C)(CO)CCCCN1CCC(CC)CC1. The second kappa shape index (κ2) is 8.93. The summed E-state index contributed by atoms with van der Waals surface area (Å²) in [7, 11) is 0. The van der Waals surface area contributed by atoms with E-state index in [0.717, 1.165) is 18.9 Å². The molecule has 0 bridgehead atoms. The number of aliphatic hydroxyl groups excluding tert-OH is 1. The molecule has 1 unspecified atom stereocenters. The fourth-order valence-electron chi connectivity index (χ4n) is 3.12. The van der Waals surface area contributed by atoms with Crippen LogP contribution in [0.2, 0.25) is 0 Å². The molecule has 0 radical (unpaired) electrons. The van der Waals surface area contributed by atoms with E-state index in [0.29, 0.717) is 0 Å². The lowest BCUT2D eigenvalue weighted by Crippen LogP contribution is -2.45. The van der Waals surface area contributed by atoms with Crippen molar-refractivity contribution in [1.82, 2.24) is 10.2 Å². The lowest BCUT2D eigenvalue weighted by Gasteiger charge is -2.32. The van der Waals surface area contributed by atoms with Gasteiger partial charge in [0.1, 0.15) is 0 Å². The molecule has 3 heteroatoms. The summed E-state index contributed by atoms with van der Waals surface area (Å²) in [5.41, 5.74) is -0.0794. The molecule has 0 aromatic carbocycles. The highest BCUT2D eigenvalue weighted by Gasteiger charge is 2.21. The van der Waals surface area contributed by atoms with E-state index in [2.05, 4.69) is 31.0 Å². The van der Waals surface area contributed by atoms with Crippen LogP contribution in [-0.4, -0.2) is 48.3 Å². The molecule has 1 rings (SSSR count). The summed E-state index contributed by atoms with van der Waals surface area (Å²) in [6.45, 7) is 11.5. The zero-order chi connectivity index (χ0) is 14.1. The van der Waals surface area contributed by atoms with Crippen molar-refractivity contribution in [2.45, 2.75) is 64.8 Å². The van der Waals surface area contributed by atoms with E-state index in [1.807, 2.05) is 0 Å². The summed E-state index contributed by atoms with van der Waals surface area (Å²) in [5.74, 6) is 0.975. The summed E-state index contributed by atoms with van der Waals surface area (Å²) in [6, 6.07) is 0. The molecular formula is C16H34N2O. The molecule has 0 aromatic rings. The predicted molar refractivity (Wildman–Crippen MR) is 82.5 cm³/mol. The third-order valence-electron chi connectivity index (χ3n) is 4.69. The number of piperidine rings is 1. The van der Waals surface area contributed by atoms with Crippen molar-refractivity contribution in [3.63, 3.8) is 0 Å². The third kappa shape index (κ3) is 6.24. The zero-order valence-electron chi connectivity index (χ0n) is 13.2. The van der Waals surface area contributed by atoms with Gasteiger partial charge >= 0.3 is 0 Å². The fraction of sp³-hybridized carbons (Fsp3) is 1.00. The number of likely N-dealkylation sites (tertiary alicyclic amines) is 1. The van der Waals surface area contributed by atoms with Crippen LogP contribution in [0.1, 0.15) is 59.3 Å². The number of likely N-dealkylation sites (N-methyl/N-ethyl adjacent to an activating group) is 1. The second-order valence-corrected chi connectivity index (χ2v) is 6.40. The van der Waals surface area contributed by atoms with Crippen LogP contribution in [0.5, 0.6) is 0 Å². The van der Waals surface area contributed by atoms with E-state index < -0.39 is 0 Å². The molecule has 19 heavy (non-hydrogen) atoms. The van der Waals surface area contributed by atoms with Crippen LogP contribution < -0.4 is 5.32 Å². The van der Waals surface area contributed by atoms with Crippen molar-refractivity contribution in [1.29, 1.82) is 0 Å². The first-order valence-corrected chi connectivity index (χ1v) is 8.21. The van der Waals surface area contributed by atoms with Gasteiger partial charge in [0.2, 0.25) is 0 Å². The van der Waals surface area contributed by atoms with Gasteiger partial charge in [-0.3, -0.25) is 0 Å². The lowest BCUT2D eigenvalue weighted by molar-refractivity contribution is 0.155. The van der Waals surface area contributed by atoms with Gasteiger partial charge in [0.25, 0.3) is 0 Å². The van der Waals surface area contributed by atoms with Crippen LogP contribution in [0.3, 0.4) is 0 Å². The summed E-state index contributed by atoms with van der Waals surface area (Å²) >= 11 is 0. The monoisotopic (exact) mass is 270 g/mol. The maximum atomic E-state index is 9.45. The molecular weight excluding hydrogens is 236 g/mol. The van der Waals surface area contributed by atoms with E-state index in [1.165, 1.54) is 51.7 Å². The fourth-order valence-corrected chi connectivity index (χ4v) is 3.12. The number of nitrogens with zero attached hydrogens (tertiary/aromatic N) is 1. The van der Waals surface area contributed by atoms with E-state index >= 15 is 0 Å². The van der Waals surface area contributed by atoms with Gasteiger partial charge < -0.3 is 15.3 Å². The summed E-state index contributed by atoms with van der Waals surface area (Å²) in [6.07, 6.45) is 7.67. The molecule has 0 aliphatic carbocycles. The Morgan fingerprint density at radius 3 is 2.42 bits per heavy atom. The highest BCUT2D eigenvalue weighted by Crippen LogP contribution is 2.20. The Labute approximate surface area is 119 Å². The molecule has 0 amide bonds. The molecule has 1 saturated heterocycles. The number of aliphatic hydroxyl groups is 1. The minimum absolute atomic E-state index is 0.0794. The molecule has 0 aromatic heterocycles. The number of hydrogen-bond donors (Lipinski definition) is 2. The highest BCUT2D eigenvalue weighted by molar-refractivity contribution is 4.81. The zero-order valence-corrected chi connectivity index (χ0v) is 13.2. The summed E-state index contributed by atoms with van der Waals surface area (Å²) in [5, 5.41) is 12.8. The Kier molecular flexibility index (Phi) is 7.96. The Morgan fingerprint density at radius 2 is 1.89 bits per heavy atom. The molecule has 2 N–H and O–H groups in total. The molecule has 0 spiro atoms. The molecule has 1 fully saturated rings. The Balaban J connectivity index is 2.10. The molecule has 0 saturated carbocycles. The van der Waals surface area contributed by atoms with Gasteiger partial charge in [-0.1, -0.05) is 26.7 Å². The van der Waals surface area contributed by atoms with Gasteiger partial charge in [-0.25, -0.2) is 0 Å². The Hall–Kier alpha value is -0.120. The highest BCUT2D eigenvalue weighted by atomic mass is 16.3. The van der Waals surface area contributed by atoms with Crippen molar-refractivity contribution in [2.75, 3.05) is 32.8 Å². The average molecular weight is 270 g/mol. The summed E-state index contributed by atoms with van der Waals surface area (Å²) < 4.78 is 0. The van der Waals surface area contributed by atoms with Crippen molar-refractivity contribution < 1.29 is 5.11 Å². The van der Waals surface area contributed by atoms with Crippen molar-refractivity contribution in [3.8, 4) is 0 Å². The molecule has 1 atom stereocenters. The van der Waals surface area contributed by atoms with Crippen LogP contribution in [0.25, 0.3) is 0 Å². The van der Waals surface area contributed by atoms with E-state index in [4.69, 9.17) is 0 Å². The van der Waals surface area contributed by atoms with Crippen LogP contribution in [-0.2, 0) is 0 Å². The number of rotatable bonds is 9. The minimum Gasteiger partial charge on any atom is -0.394 e. The van der Waals surface area contributed by atoms with Gasteiger partial charge in [0.15, 0.2) is 0 Å². The normalized spacial score (nSPS) is 21.5. The molecule has 1 aliphatic rings. The van der Waals surface area contributed by atoms with Crippen molar-refractivity contribution in [3.05, 3.63) is 0 Å². The smallest absolute Gasteiger partial charge is 0.0610 e. The first kappa shape index (κ1) is 16.9. The predicted octanol–water partition coefficient (Wildman–Crippen LogP) is 2.64. The van der Waals surface area contributed by atoms with Crippen molar-refractivity contribution >= 4 is 0 Å². The number of nitrogens with one attached hydrogen (secondary N) is 1. The topological polar surface area (TPSA) is 35.5 Å². The van der Waals surface area contributed by atoms with Crippen LogP contribution >= 0.6 is 0 Å². The molecule has 1 aliphatic heterocycles. The van der Waals surface area contributed by atoms with Crippen LogP contribution in [0.15, 0.2) is 0 Å². The third-order valence-corrected chi connectivity index (χ3v) is 4.69. The quantitative estimate of drug-likeness (QED) is 0.632. The first-order chi connectivity index (χ1) is 9.13. The molecule has 114 valence electrons. The molecule has 1 heterocycles. The van der Waals surface area contributed by atoms with Crippen LogP contribution in [0, 0.1) is 5.92 Å². The number of unbranched alkanes of at least 4 members (excludes halogenated alkanes) is 1. The van der Waals surface area contributed by atoms with Gasteiger partial charge in [-0.2, -0.15) is 0 Å². The van der Waals surface area contributed by atoms with E-state index in [1.54, 1.807) is 0 Å². The van der Waals surface area contributed by atoms with Gasteiger partial charge in [-0.15, -0.1) is 0 Å². The molecule has 3 nitrogen and oxygen atoms in total. The minimum atomic E-state index is -0.0794. The summed E-state index contributed by atoms with van der Waals surface area (Å²) in [4.78, 5) is 2.62. The van der Waals surface area contributed by atoms with E-state index in [-0.39, 0.29) is 12.1 Å². The standard InChI is InChI=1S/C16H34N2O/c1-4-15-8-12-18(13-9-15)11-7-6-10-16(3,14-19)17-5-2/h15,17,19H,4-14H2,1-3H3. The largest absolute Gasteiger partial charge is 0.394 e. The second-order valence-electron chi connectivity index (χ2n) is 6.40.